The summed E-state index contributed by atoms with van der Waals surface area (Å²) >= 11 is 18.9. The summed E-state index contributed by atoms with van der Waals surface area (Å²) in [6.45, 7) is 6.77. The van der Waals surface area contributed by atoms with Gasteiger partial charge in [0.2, 0.25) is 0 Å². The first-order valence-electron chi connectivity index (χ1n) is 11.8. The number of nitrogens with one attached hydrogen (secondary N) is 1. The van der Waals surface area contributed by atoms with Crippen molar-refractivity contribution < 1.29 is 4.74 Å². The molecule has 2 aromatic carbocycles. The van der Waals surface area contributed by atoms with Crippen LogP contribution in [0.2, 0.25) is 10.0 Å². The Balaban J connectivity index is 1.66. The van der Waals surface area contributed by atoms with Gasteiger partial charge in [-0.05, 0) is 93.1 Å². The lowest BCUT2D eigenvalue weighted by Crippen LogP contribution is -2.29. The number of nitrogens with zero attached hydrogens (tertiary/aromatic N) is 3. The van der Waals surface area contributed by atoms with Crippen LogP contribution in [0.4, 0.5) is 5.69 Å². The standard InChI is InChI=1S/C28H26Cl2N4OS/c1-4-35-20-13-11-19(12-14-20)34-27(26(32-28(34)36)23-9-5-6-15-31-23)21-16-17(2)33(18(21)3)24-10-7-8-22(29)25(24)30/h5-16,26-27H,4H2,1-3H3,(H,32,36)/t26-,27+/m1/s1. The zero-order valence-corrected chi connectivity index (χ0v) is 22.5. The van der Waals surface area contributed by atoms with E-state index in [1.54, 1.807) is 6.07 Å². The second-order valence-electron chi connectivity index (χ2n) is 8.66. The molecular formula is C28H26Cl2N4OS. The molecule has 3 heterocycles. The predicted molar refractivity (Wildman–Crippen MR) is 151 cm³/mol. The Morgan fingerprint density at radius 1 is 1.03 bits per heavy atom. The highest BCUT2D eigenvalue weighted by atomic mass is 35.5. The van der Waals surface area contributed by atoms with Crippen molar-refractivity contribution in [1.82, 2.24) is 14.9 Å². The van der Waals surface area contributed by atoms with E-state index >= 15 is 0 Å². The van der Waals surface area contributed by atoms with Gasteiger partial charge in [-0.25, -0.2) is 0 Å². The van der Waals surface area contributed by atoms with E-state index in [2.05, 4.69) is 39.7 Å². The fourth-order valence-electron chi connectivity index (χ4n) is 4.94. The maximum absolute atomic E-state index is 6.64. The highest BCUT2D eigenvalue weighted by molar-refractivity contribution is 7.80. The average Bonchev–Trinajstić information content (AvgIpc) is 3.37. The molecule has 5 rings (SSSR count). The van der Waals surface area contributed by atoms with E-state index in [0.717, 1.165) is 39.8 Å². The van der Waals surface area contributed by atoms with Crippen molar-refractivity contribution in [3.8, 4) is 11.4 Å². The molecule has 36 heavy (non-hydrogen) atoms. The quantitative estimate of drug-likeness (QED) is 0.260. The first kappa shape index (κ1) is 24.6. The molecule has 0 bridgehead atoms. The van der Waals surface area contributed by atoms with Gasteiger partial charge in [-0.15, -0.1) is 0 Å². The molecule has 0 radical (unpaired) electrons. The number of thiocarbonyl (C=S) groups is 1. The van der Waals surface area contributed by atoms with Gasteiger partial charge < -0.3 is 19.5 Å². The van der Waals surface area contributed by atoms with Crippen LogP contribution in [0, 0.1) is 13.8 Å². The van der Waals surface area contributed by atoms with E-state index in [-0.39, 0.29) is 12.1 Å². The predicted octanol–water partition coefficient (Wildman–Crippen LogP) is 7.37. The summed E-state index contributed by atoms with van der Waals surface area (Å²) in [6, 6.07) is 21.6. The van der Waals surface area contributed by atoms with Gasteiger partial charge in [0.1, 0.15) is 5.75 Å². The fourth-order valence-corrected chi connectivity index (χ4v) is 5.67. The maximum Gasteiger partial charge on any atom is 0.174 e. The van der Waals surface area contributed by atoms with Crippen LogP contribution in [0.5, 0.6) is 5.75 Å². The highest BCUT2D eigenvalue weighted by Crippen LogP contribution is 2.44. The van der Waals surface area contributed by atoms with E-state index in [9.17, 15) is 0 Å². The molecule has 1 aliphatic heterocycles. The number of rotatable bonds is 6. The Bertz CT molecular complexity index is 1410. The normalized spacial score (nSPS) is 17.4. The molecule has 8 heteroatoms. The molecule has 0 aliphatic carbocycles. The molecule has 0 saturated carbocycles. The lowest BCUT2D eigenvalue weighted by molar-refractivity contribution is 0.340. The topological polar surface area (TPSA) is 42.3 Å². The SMILES string of the molecule is CCOc1ccc(N2C(=S)N[C@H](c3ccccn3)[C@@H]2c2cc(C)n(-c3cccc(Cl)c3Cl)c2C)cc1. The Morgan fingerprint density at radius 2 is 1.81 bits per heavy atom. The molecule has 4 aromatic rings. The van der Waals surface area contributed by atoms with Crippen molar-refractivity contribution in [1.29, 1.82) is 0 Å². The summed E-state index contributed by atoms with van der Waals surface area (Å²) in [5.41, 5.74) is 5.98. The number of halogens is 2. The Morgan fingerprint density at radius 3 is 2.50 bits per heavy atom. The largest absolute Gasteiger partial charge is 0.494 e. The molecule has 0 unspecified atom stereocenters. The van der Waals surface area contributed by atoms with Gasteiger partial charge in [0.05, 0.1) is 40.1 Å². The third-order valence-corrected chi connectivity index (χ3v) is 7.61. The zero-order chi connectivity index (χ0) is 25.4. The van der Waals surface area contributed by atoms with Crippen molar-refractivity contribution in [3.63, 3.8) is 0 Å². The summed E-state index contributed by atoms with van der Waals surface area (Å²) in [4.78, 5) is 6.83. The van der Waals surface area contributed by atoms with Gasteiger partial charge in [0.25, 0.3) is 0 Å². The summed E-state index contributed by atoms with van der Waals surface area (Å²) in [5.74, 6) is 0.825. The van der Waals surface area contributed by atoms with E-state index in [1.165, 1.54) is 0 Å². The number of benzene rings is 2. The molecule has 184 valence electrons. The van der Waals surface area contributed by atoms with Gasteiger partial charge in [0, 0.05) is 23.3 Å². The van der Waals surface area contributed by atoms with Gasteiger partial charge in [-0.3, -0.25) is 4.98 Å². The van der Waals surface area contributed by atoms with Crippen molar-refractivity contribution in [2.75, 3.05) is 11.5 Å². The van der Waals surface area contributed by atoms with E-state index < -0.39 is 0 Å². The highest BCUT2D eigenvalue weighted by Gasteiger charge is 2.42. The number of anilines is 1. The Labute approximate surface area is 226 Å². The molecule has 1 fully saturated rings. The summed E-state index contributed by atoms with van der Waals surface area (Å²) in [7, 11) is 0. The molecule has 5 nitrogen and oxygen atoms in total. The number of ether oxygens (including phenoxy) is 1. The lowest BCUT2D eigenvalue weighted by atomic mass is 9.96. The third kappa shape index (κ3) is 4.34. The minimum absolute atomic E-state index is 0.136. The number of hydrogen-bond acceptors (Lipinski definition) is 3. The third-order valence-electron chi connectivity index (χ3n) is 6.49. The number of pyridine rings is 1. The van der Waals surface area contributed by atoms with Crippen molar-refractivity contribution in [3.05, 3.63) is 106 Å². The second-order valence-corrected chi connectivity index (χ2v) is 9.83. The smallest absolute Gasteiger partial charge is 0.174 e. The zero-order valence-electron chi connectivity index (χ0n) is 20.2. The van der Waals surface area contributed by atoms with Crippen LogP contribution >= 0.6 is 35.4 Å². The maximum atomic E-state index is 6.64. The van der Waals surface area contributed by atoms with Crippen LogP contribution in [0.1, 0.15) is 41.7 Å². The number of hydrogen-bond donors (Lipinski definition) is 1. The van der Waals surface area contributed by atoms with E-state index in [1.807, 2.05) is 67.7 Å². The molecule has 2 aromatic heterocycles. The van der Waals surface area contributed by atoms with Crippen LogP contribution in [-0.4, -0.2) is 21.3 Å². The van der Waals surface area contributed by atoms with Crippen LogP contribution in [0.25, 0.3) is 5.69 Å². The van der Waals surface area contributed by atoms with Crippen LogP contribution in [-0.2, 0) is 0 Å². The number of aromatic nitrogens is 2. The fraction of sp³-hybridized carbons (Fsp3) is 0.214. The monoisotopic (exact) mass is 536 g/mol. The first-order valence-corrected chi connectivity index (χ1v) is 12.9. The molecule has 0 amide bonds. The second kappa shape index (κ2) is 10.1. The molecular weight excluding hydrogens is 511 g/mol. The average molecular weight is 538 g/mol. The van der Waals surface area contributed by atoms with Crippen LogP contribution in [0.15, 0.2) is 72.9 Å². The molecule has 1 aliphatic rings. The van der Waals surface area contributed by atoms with Crippen LogP contribution < -0.4 is 15.0 Å². The van der Waals surface area contributed by atoms with E-state index in [0.29, 0.717) is 21.8 Å². The molecule has 1 saturated heterocycles. The van der Waals surface area contributed by atoms with Gasteiger partial charge >= 0.3 is 0 Å². The molecule has 1 N–H and O–H groups in total. The summed E-state index contributed by atoms with van der Waals surface area (Å²) in [5, 5.41) is 5.22. The van der Waals surface area contributed by atoms with Gasteiger partial charge in [0.15, 0.2) is 5.11 Å². The van der Waals surface area contributed by atoms with Crippen molar-refractivity contribution in [2.45, 2.75) is 32.9 Å². The number of aryl methyl sites for hydroxylation is 1. The summed E-state index contributed by atoms with van der Waals surface area (Å²) < 4.78 is 7.81. The Kier molecular flexibility index (Phi) is 6.93. The van der Waals surface area contributed by atoms with E-state index in [4.69, 9.17) is 40.2 Å². The van der Waals surface area contributed by atoms with Crippen LogP contribution in [0.3, 0.4) is 0 Å². The Hall–Kier alpha value is -3.06. The minimum atomic E-state index is -0.144. The van der Waals surface area contributed by atoms with Crippen molar-refractivity contribution >= 4 is 46.2 Å². The summed E-state index contributed by atoms with van der Waals surface area (Å²) in [6.07, 6.45) is 1.81. The van der Waals surface area contributed by atoms with Crippen molar-refractivity contribution in [2.24, 2.45) is 0 Å². The van der Waals surface area contributed by atoms with Gasteiger partial charge in [-0.1, -0.05) is 35.3 Å². The minimum Gasteiger partial charge on any atom is -0.494 e. The lowest BCUT2D eigenvalue weighted by Gasteiger charge is -2.28. The molecule has 2 atom stereocenters. The van der Waals surface area contributed by atoms with Gasteiger partial charge in [-0.2, -0.15) is 0 Å². The first-order chi connectivity index (χ1) is 17.4. The molecule has 0 spiro atoms.